The van der Waals surface area contributed by atoms with Crippen LogP contribution < -0.4 is 0 Å². The fourth-order valence-corrected chi connectivity index (χ4v) is 6.09. The van der Waals surface area contributed by atoms with Gasteiger partial charge in [0.2, 0.25) is 5.89 Å². The first kappa shape index (κ1) is 22.8. The van der Waals surface area contributed by atoms with Gasteiger partial charge in [0.1, 0.15) is 5.52 Å². The Morgan fingerprint density at radius 2 is 1.00 bits per heavy atom. The molecule has 6 heteroatoms. The number of rotatable bonds is 4. The summed E-state index contributed by atoms with van der Waals surface area (Å²) in [6.45, 7) is 0. The van der Waals surface area contributed by atoms with Gasteiger partial charge in [-0.1, -0.05) is 91.0 Å². The van der Waals surface area contributed by atoms with E-state index in [4.69, 9.17) is 24.4 Å². The zero-order valence-corrected chi connectivity index (χ0v) is 22.0. The molecule has 0 aliphatic heterocycles. The van der Waals surface area contributed by atoms with Gasteiger partial charge in [-0.3, -0.25) is 0 Å². The third kappa shape index (κ3) is 3.94. The molecule has 8 rings (SSSR count). The molecule has 3 heterocycles. The Kier molecular flexibility index (Phi) is 5.24. The molecule has 0 saturated heterocycles. The molecular weight excluding hydrogens is 512 g/mol. The smallest absolute Gasteiger partial charge is 0.227 e. The van der Waals surface area contributed by atoms with Crippen molar-refractivity contribution >= 4 is 42.6 Å². The Labute approximate surface area is 233 Å². The molecule has 0 saturated carbocycles. The molecule has 5 aromatic carbocycles. The van der Waals surface area contributed by atoms with Crippen molar-refractivity contribution in [2.75, 3.05) is 0 Å². The van der Waals surface area contributed by atoms with Gasteiger partial charge in [-0.05, 0) is 30.3 Å². The molecule has 0 aliphatic carbocycles. The number of thiophene rings is 1. The van der Waals surface area contributed by atoms with Gasteiger partial charge < -0.3 is 4.42 Å². The second-order valence-electron chi connectivity index (χ2n) is 9.55. The minimum Gasteiger partial charge on any atom is -0.436 e. The van der Waals surface area contributed by atoms with Crippen molar-refractivity contribution in [2.24, 2.45) is 0 Å². The van der Waals surface area contributed by atoms with E-state index in [9.17, 15) is 0 Å². The van der Waals surface area contributed by atoms with Gasteiger partial charge in [-0.15, -0.1) is 11.3 Å². The minimum absolute atomic E-state index is 0.592. The molecule has 40 heavy (non-hydrogen) atoms. The van der Waals surface area contributed by atoms with E-state index in [0.717, 1.165) is 33.4 Å². The highest BCUT2D eigenvalue weighted by molar-refractivity contribution is 7.25. The van der Waals surface area contributed by atoms with Crippen LogP contribution in [0.15, 0.2) is 126 Å². The van der Waals surface area contributed by atoms with E-state index >= 15 is 0 Å². The molecule has 0 fully saturated rings. The van der Waals surface area contributed by atoms with Gasteiger partial charge in [0, 0.05) is 42.4 Å². The van der Waals surface area contributed by atoms with E-state index in [-0.39, 0.29) is 0 Å². The lowest BCUT2D eigenvalue weighted by molar-refractivity contribution is 0.620. The number of nitrogens with zero attached hydrogens (tertiary/aromatic N) is 4. The van der Waals surface area contributed by atoms with Gasteiger partial charge in [0.25, 0.3) is 0 Å². The molecule has 0 radical (unpaired) electrons. The second-order valence-corrected chi connectivity index (χ2v) is 10.6. The zero-order chi connectivity index (χ0) is 26.5. The molecule has 0 amide bonds. The number of fused-ring (bicyclic) bond motifs is 4. The van der Waals surface area contributed by atoms with E-state index in [0.29, 0.717) is 23.4 Å². The van der Waals surface area contributed by atoms with Crippen LogP contribution in [0.4, 0.5) is 0 Å². The molecule has 0 N–H and O–H groups in total. The van der Waals surface area contributed by atoms with E-state index in [1.54, 1.807) is 11.3 Å². The molecule has 0 spiro atoms. The van der Waals surface area contributed by atoms with Gasteiger partial charge in [0.05, 0.1) is 0 Å². The molecule has 5 nitrogen and oxygen atoms in total. The quantitative estimate of drug-likeness (QED) is 0.226. The van der Waals surface area contributed by atoms with Crippen molar-refractivity contribution in [3.05, 3.63) is 121 Å². The van der Waals surface area contributed by atoms with E-state index in [1.165, 1.54) is 20.2 Å². The Balaban J connectivity index is 1.19. The SMILES string of the molecule is c1ccc(-c2nc(-c3ccccc3)nc(-c3ccc(-c4nc5cc6sc7ccccc7c6cc5o4)cc3)n2)cc1. The van der Waals surface area contributed by atoms with Crippen LogP contribution in [-0.2, 0) is 0 Å². The fourth-order valence-electron chi connectivity index (χ4n) is 4.97. The van der Waals surface area contributed by atoms with Crippen LogP contribution in [-0.4, -0.2) is 19.9 Å². The third-order valence-corrected chi connectivity index (χ3v) is 8.11. The van der Waals surface area contributed by atoms with Crippen molar-refractivity contribution < 1.29 is 4.42 Å². The Morgan fingerprint density at radius 3 is 1.65 bits per heavy atom. The van der Waals surface area contributed by atoms with E-state index < -0.39 is 0 Å². The summed E-state index contributed by atoms with van der Waals surface area (Å²) in [5.74, 6) is 2.48. The molecule has 0 unspecified atom stereocenters. The first-order valence-corrected chi connectivity index (χ1v) is 13.8. The van der Waals surface area contributed by atoms with Crippen molar-refractivity contribution in [1.29, 1.82) is 0 Å². The number of benzene rings is 5. The third-order valence-electron chi connectivity index (χ3n) is 6.98. The highest BCUT2D eigenvalue weighted by Crippen LogP contribution is 2.37. The molecule has 8 aromatic rings. The minimum atomic E-state index is 0.592. The normalized spacial score (nSPS) is 11.5. The Morgan fingerprint density at radius 1 is 0.450 bits per heavy atom. The lowest BCUT2D eigenvalue weighted by Crippen LogP contribution is -2.00. The number of hydrogen-bond acceptors (Lipinski definition) is 6. The average Bonchev–Trinajstić information content (AvgIpc) is 3.61. The summed E-state index contributed by atoms with van der Waals surface area (Å²) in [6.07, 6.45) is 0. The van der Waals surface area contributed by atoms with Gasteiger partial charge in [-0.25, -0.2) is 19.9 Å². The van der Waals surface area contributed by atoms with Crippen molar-refractivity contribution in [3.8, 4) is 45.6 Å². The lowest BCUT2D eigenvalue weighted by atomic mass is 10.1. The van der Waals surface area contributed by atoms with Gasteiger partial charge in [-0.2, -0.15) is 0 Å². The molecule has 188 valence electrons. The second kappa shape index (κ2) is 9.22. The predicted octanol–water partition coefficient (Wildman–Crippen LogP) is 9.05. The number of aromatic nitrogens is 4. The van der Waals surface area contributed by atoms with Crippen LogP contribution >= 0.6 is 11.3 Å². The highest BCUT2D eigenvalue weighted by Gasteiger charge is 2.15. The summed E-state index contributed by atoms with van der Waals surface area (Å²) in [5.41, 5.74) is 5.32. The Hall–Kier alpha value is -5.20. The summed E-state index contributed by atoms with van der Waals surface area (Å²) >= 11 is 1.78. The Bertz CT molecular complexity index is 2090. The zero-order valence-electron chi connectivity index (χ0n) is 21.2. The van der Waals surface area contributed by atoms with Gasteiger partial charge >= 0.3 is 0 Å². The summed E-state index contributed by atoms with van der Waals surface area (Å²) < 4.78 is 8.71. The molecule has 0 atom stereocenters. The van der Waals surface area contributed by atoms with Crippen LogP contribution in [0.25, 0.3) is 76.9 Å². The van der Waals surface area contributed by atoms with Crippen molar-refractivity contribution in [3.63, 3.8) is 0 Å². The van der Waals surface area contributed by atoms with Crippen LogP contribution in [0.3, 0.4) is 0 Å². The maximum absolute atomic E-state index is 6.23. The van der Waals surface area contributed by atoms with Crippen LogP contribution in [0.1, 0.15) is 0 Å². The standard InChI is InChI=1S/C34H20N4OS/c1-3-9-21(10-4-1)31-36-32(22-11-5-2-6-12-22)38-33(37-31)23-15-17-24(18-16-23)34-35-27-20-30-26(19-28(27)39-34)25-13-7-8-14-29(25)40-30/h1-20H. The summed E-state index contributed by atoms with van der Waals surface area (Å²) in [7, 11) is 0. The van der Waals surface area contributed by atoms with E-state index in [2.05, 4.69) is 36.4 Å². The first-order chi connectivity index (χ1) is 19.8. The van der Waals surface area contributed by atoms with Crippen molar-refractivity contribution in [1.82, 2.24) is 19.9 Å². The molecular formula is C34H20N4OS. The lowest BCUT2D eigenvalue weighted by Gasteiger charge is -2.08. The molecule has 3 aromatic heterocycles. The summed E-state index contributed by atoms with van der Waals surface area (Å²) in [5, 5.41) is 2.44. The van der Waals surface area contributed by atoms with Crippen LogP contribution in [0, 0.1) is 0 Å². The fraction of sp³-hybridized carbons (Fsp3) is 0. The van der Waals surface area contributed by atoms with Crippen molar-refractivity contribution in [2.45, 2.75) is 0 Å². The molecule has 0 aliphatic rings. The maximum atomic E-state index is 6.23. The van der Waals surface area contributed by atoms with Crippen LogP contribution in [0.5, 0.6) is 0 Å². The predicted molar refractivity (Wildman–Crippen MR) is 162 cm³/mol. The highest BCUT2D eigenvalue weighted by atomic mass is 32.1. The monoisotopic (exact) mass is 532 g/mol. The largest absolute Gasteiger partial charge is 0.436 e. The summed E-state index contributed by atoms with van der Waals surface area (Å²) in [6, 6.07) is 40.7. The average molecular weight is 533 g/mol. The number of oxazole rings is 1. The summed E-state index contributed by atoms with van der Waals surface area (Å²) in [4.78, 5) is 19.2. The topological polar surface area (TPSA) is 64.7 Å². The number of hydrogen-bond donors (Lipinski definition) is 0. The van der Waals surface area contributed by atoms with Gasteiger partial charge in [0.15, 0.2) is 23.1 Å². The van der Waals surface area contributed by atoms with Crippen LogP contribution in [0.2, 0.25) is 0 Å². The maximum Gasteiger partial charge on any atom is 0.227 e. The first-order valence-electron chi connectivity index (χ1n) is 13.0. The van der Waals surface area contributed by atoms with E-state index in [1.807, 2.05) is 84.9 Å². The molecule has 0 bridgehead atoms.